The highest BCUT2D eigenvalue weighted by Crippen LogP contribution is 2.27. The molecule has 7 heteroatoms. The van der Waals surface area contributed by atoms with E-state index in [-0.39, 0.29) is 17.8 Å². The molecule has 0 N–H and O–H groups in total. The summed E-state index contributed by atoms with van der Waals surface area (Å²) in [5.74, 6) is 1.15. The standard InChI is InChI=1S/C18H24N2O4S/c1-6-13(2)23-15-10-8-7-9-14(15)11-12-16-19-17(20-24-16)18(3,4)25(5,21)22/h7-13H,6H2,1-5H3/b12-11+. The minimum Gasteiger partial charge on any atom is -0.490 e. The molecule has 1 unspecified atom stereocenters. The zero-order valence-corrected chi connectivity index (χ0v) is 16.0. The molecule has 1 heterocycles. The highest BCUT2D eigenvalue weighted by atomic mass is 32.2. The molecule has 0 bridgehead atoms. The van der Waals surface area contributed by atoms with Crippen LogP contribution in [0.25, 0.3) is 12.2 Å². The third-order valence-electron chi connectivity index (χ3n) is 4.13. The van der Waals surface area contributed by atoms with E-state index in [1.165, 1.54) is 0 Å². The molecule has 0 saturated carbocycles. The Morgan fingerprint density at radius 3 is 2.60 bits per heavy atom. The molecule has 0 aliphatic carbocycles. The summed E-state index contributed by atoms with van der Waals surface area (Å²) in [5.41, 5.74) is 0.880. The van der Waals surface area contributed by atoms with Gasteiger partial charge >= 0.3 is 0 Å². The number of hydrogen-bond acceptors (Lipinski definition) is 6. The Balaban J connectivity index is 2.25. The van der Waals surface area contributed by atoms with Crippen LogP contribution in [-0.4, -0.2) is 30.9 Å². The lowest BCUT2D eigenvalue weighted by molar-refractivity contribution is 0.217. The van der Waals surface area contributed by atoms with Crippen molar-refractivity contribution < 1.29 is 17.7 Å². The Morgan fingerprint density at radius 1 is 1.28 bits per heavy atom. The number of nitrogens with zero attached hydrogens (tertiary/aromatic N) is 2. The van der Waals surface area contributed by atoms with Gasteiger partial charge in [0, 0.05) is 17.9 Å². The summed E-state index contributed by atoms with van der Waals surface area (Å²) < 4.78 is 33.6. The molecular weight excluding hydrogens is 340 g/mol. The summed E-state index contributed by atoms with van der Waals surface area (Å²) in [6, 6.07) is 7.65. The van der Waals surface area contributed by atoms with E-state index in [0.717, 1.165) is 24.0 Å². The lowest BCUT2D eigenvalue weighted by Crippen LogP contribution is -2.29. The van der Waals surface area contributed by atoms with Gasteiger partial charge in [0.2, 0.25) is 0 Å². The number of aromatic nitrogens is 2. The van der Waals surface area contributed by atoms with Gasteiger partial charge in [0.25, 0.3) is 5.89 Å². The van der Waals surface area contributed by atoms with Crippen LogP contribution in [0, 0.1) is 0 Å². The Morgan fingerprint density at radius 2 is 1.96 bits per heavy atom. The van der Waals surface area contributed by atoms with Crippen LogP contribution in [0.4, 0.5) is 0 Å². The Labute approximate surface area is 148 Å². The van der Waals surface area contributed by atoms with E-state index < -0.39 is 14.6 Å². The van der Waals surface area contributed by atoms with Crippen LogP contribution < -0.4 is 4.74 Å². The first-order chi connectivity index (χ1) is 11.6. The molecule has 0 spiro atoms. The van der Waals surface area contributed by atoms with Crippen LogP contribution >= 0.6 is 0 Å². The molecule has 0 amide bonds. The van der Waals surface area contributed by atoms with Crippen molar-refractivity contribution in [1.82, 2.24) is 10.1 Å². The SMILES string of the molecule is CCC(C)Oc1ccccc1/C=C/c1nc(C(C)(C)S(C)(=O)=O)no1. The van der Waals surface area contributed by atoms with E-state index in [1.54, 1.807) is 19.9 Å². The monoisotopic (exact) mass is 364 g/mol. The Kier molecular flexibility index (Phi) is 5.67. The molecular formula is C18H24N2O4S. The first-order valence-corrected chi connectivity index (χ1v) is 10.0. The van der Waals surface area contributed by atoms with Gasteiger partial charge < -0.3 is 9.26 Å². The van der Waals surface area contributed by atoms with Gasteiger partial charge in [-0.2, -0.15) is 4.98 Å². The Bertz CT molecular complexity index is 853. The number of sulfone groups is 1. The number of hydrogen-bond donors (Lipinski definition) is 0. The van der Waals surface area contributed by atoms with Crippen molar-refractivity contribution in [3.63, 3.8) is 0 Å². The topological polar surface area (TPSA) is 82.3 Å². The van der Waals surface area contributed by atoms with Crippen LogP contribution in [0.3, 0.4) is 0 Å². The molecule has 25 heavy (non-hydrogen) atoms. The van der Waals surface area contributed by atoms with Crippen molar-refractivity contribution in [3.05, 3.63) is 41.5 Å². The molecule has 0 saturated heterocycles. The smallest absolute Gasteiger partial charge is 0.250 e. The van der Waals surface area contributed by atoms with Crippen LogP contribution in [0.5, 0.6) is 5.75 Å². The first kappa shape index (κ1) is 19.2. The van der Waals surface area contributed by atoms with Crippen molar-refractivity contribution in [1.29, 1.82) is 0 Å². The van der Waals surface area contributed by atoms with Gasteiger partial charge in [-0.25, -0.2) is 8.42 Å². The second-order valence-corrected chi connectivity index (χ2v) is 9.01. The molecule has 6 nitrogen and oxygen atoms in total. The number of para-hydroxylation sites is 1. The molecule has 1 aromatic heterocycles. The summed E-state index contributed by atoms with van der Waals surface area (Å²) in [6.07, 6.45) is 5.63. The van der Waals surface area contributed by atoms with Gasteiger partial charge in [-0.3, -0.25) is 0 Å². The van der Waals surface area contributed by atoms with E-state index in [0.29, 0.717) is 0 Å². The zero-order valence-electron chi connectivity index (χ0n) is 15.2. The quantitative estimate of drug-likeness (QED) is 0.745. The molecule has 1 aromatic carbocycles. The van der Waals surface area contributed by atoms with Crippen LogP contribution in [0.15, 0.2) is 28.8 Å². The highest BCUT2D eigenvalue weighted by Gasteiger charge is 2.37. The van der Waals surface area contributed by atoms with Gasteiger partial charge in [0.15, 0.2) is 15.7 Å². The van der Waals surface area contributed by atoms with Crippen molar-refractivity contribution >= 4 is 22.0 Å². The fourth-order valence-electron chi connectivity index (χ4n) is 1.90. The summed E-state index contributed by atoms with van der Waals surface area (Å²) in [6.45, 7) is 7.18. The van der Waals surface area contributed by atoms with Crippen LogP contribution in [0.2, 0.25) is 0 Å². The summed E-state index contributed by atoms with van der Waals surface area (Å²) in [5, 5.41) is 3.80. The average Bonchev–Trinajstić information content (AvgIpc) is 3.02. The summed E-state index contributed by atoms with van der Waals surface area (Å²) >= 11 is 0. The molecule has 0 aliphatic rings. The lowest BCUT2D eigenvalue weighted by atomic mass is 10.2. The molecule has 136 valence electrons. The third-order valence-corrected chi connectivity index (χ3v) is 6.17. The molecule has 1 atom stereocenters. The number of ether oxygens (including phenoxy) is 1. The molecule has 0 fully saturated rings. The van der Waals surface area contributed by atoms with Crippen LogP contribution in [0.1, 0.15) is 51.4 Å². The maximum absolute atomic E-state index is 11.9. The molecule has 2 aromatic rings. The second-order valence-electron chi connectivity index (χ2n) is 6.45. The van der Waals surface area contributed by atoms with Gasteiger partial charge in [-0.05, 0) is 39.3 Å². The maximum atomic E-state index is 11.9. The molecule has 0 aliphatic heterocycles. The average molecular weight is 364 g/mol. The van der Waals surface area contributed by atoms with E-state index in [2.05, 4.69) is 17.1 Å². The van der Waals surface area contributed by atoms with Gasteiger partial charge in [0.1, 0.15) is 10.5 Å². The largest absolute Gasteiger partial charge is 0.490 e. The predicted octanol–water partition coefficient (Wildman–Crippen LogP) is 3.70. The minimum atomic E-state index is -3.36. The predicted molar refractivity (Wildman–Crippen MR) is 97.9 cm³/mol. The van der Waals surface area contributed by atoms with Gasteiger partial charge in [-0.15, -0.1) is 0 Å². The highest BCUT2D eigenvalue weighted by molar-refractivity contribution is 7.91. The summed E-state index contributed by atoms with van der Waals surface area (Å²) in [7, 11) is -3.36. The van der Waals surface area contributed by atoms with E-state index >= 15 is 0 Å². The fourth-order valence-corrected chi connectivity index (χ4v) is 2.31. The molecule has 2 rings (SSSR count). The first-order valence-electron chi connectivity index (χ1n) is 8.12. The van der Waals surface area contributed by atoms with Crippen LogP contribution in [-0.2, 0) is 14.6 Å². The normalized spacial score (nSPS) is 14.0. The lowest BCUT2D eigenvalue weighted by Gasteiger charge is -2.17. The third kappa shape index (κ3) is 4.48. The fraction of sp³-hybridized carbons (Fsp3) is 0.444. The number of rotatable bonds is 7. The second kappa shape index (κ2) is 7.39. The number of benzene rings is 1. The maximum Gasteiger partial charge on any atom is 0.250 e. The van der Waals surface area contributed by atoms with Crippen molar-refractivity contribution in [2.75, 3.05) is 6.26 Å². The minimum absolute atomic E-state index is 0.111. The van der Waals surface area contributed by atoms with Gasteiger partial charge in [-0.1, -0.05) is 30.3 Å². The van der Waals surface area contributed by atoms with Crippen molar-refractivity contribution in [2.45, 2.75) is 45.0 Å². The molecule has 0 radical (unpaired) electrons. The summed E-state index contributed by atoms with van der Waals surface area (Å²) in [4.78, 5) is 4.19. The Hall–Kier alpha value is -2.15. The van der Waals surface area contributed by atoms with Crippen molar-refractivity contribution in [2.24, 2.45) is 0 Å². The van der Waals surface area contributed by atoms with Crippen molar-refractivity contribution in [3.8, 4) is 5.75 Å². The van der Waals surface area contributed by atoms with Gasteiger partial charge in [0.05, 0.1) is 6.10 Å². The van der Waals surface area contributed by atoms with E-state index in [1.807, 2.05) is 37.3 Å². The zero-order chi connectivity index (χ0) is 18.7. The van der Waals surface area contributed by atoms with E-state index in [9.17, 15) is 8.42 Å². The van der Waals surface area contributed by atoms with E-state index in [4.69, 9.17) is 9.26 Å².